The number of rotatable bonds is 4. The molecule has 1 aliphatic rings. The fraction of sp³-hybridized carbons (Fsp3) is 0.538. The molecule has 1 unspecified atom stereocenters. The van der Waals surface area contributed by atoms with Gasteiger partial charge in [0.15, 0.2) is 5.75 Å². The highest BCUT2D eigenvalue weighted by Gasteiger charge is 2.33. The van der Waals surface area contributed by atoms with E-state index < -0.39 is 22.4 Å². The van der Waals surface area contributed by atoms with Gasteiger partial charge in [0.1, 0.15) is 0 Å². The highest BCUT2D eigenvalue weighted by atomic mass is 35.5. The van der Waals surface area contributed by atoms with Crippen LogP contribution in [0.4, 0.5) is 18.9 Å². The van der Waals surface area contributed by atoms with Gasteiger partial charge in [-0.25, -0.2) is 0 Å². The summed E-state index contributed by atoms with van der Waals surface area (Å²) in [5.74, 6) is 0.0826. The number of hydrogen-bond acceptors (Lipinski definition) is 4. The van der Waals surface area contributed by atoms with E-state index in [0.717, 1.165) is 38.1 Å². The van der Waals surface area contributed by atoms with Gasteiger partial charge in [-0.05, 0) is 31.5 Å². The Morgan fingerprint density at radius 3 is 2.68 bits per heavy atom. The first-order chi connectivity index (χ1) is 9.88. The van der Waals surface area contributed by atoms with Crippen LogP contribution in [0.5, 0.6) is 5.75 Å². The van der Waals surface area contributed by atoms with Gasteiger partial charge in [-0.1, -0.05) is 0 Å². The Bertz CT molecular complexity index is 520. The van der Waals surface area contributed by atoms with Gasteiger partial charge in [-0.2, -0.15) is 13.2 Å². The number of halogens is 4. The molecule has 1 saturated heterocycles. The van der Waals surface area contributed by atoms with Crippen LogP contribution in [0, 0.1) is 16.0 Å². The Balaban J connectivity index is 0.00000242. The van der Waals surface area contributed by atoms with Crippen molar-refractivity contribution in [3.63, 3.8) is 0 Å². The van der Waals surface area contributed by atoms with E-state index in [-0.39, 0.29) is 30.7 Å². The van der Waals surface area contributed by atoms with Crippen molar-refractivity contribution in [2.75, 3.05) is 19.7 Å². The van der Waals surface area contributed by atoms with Gasteiger partial charge in [-0.3, -0.25) is 10.1 Å². The largest absolute Gasteiger partial charge is 0.486 e. The molecule has 1 aromatic carbocycles. The van der Waals surface area contributed by atoms with Crippen LogP contribution in [-0.2, 0) is 6.18 Å². The van der Waals surface area contributed by atoms with Crippen molar-refractivity contribution in [2.45, 2.75) is 19.0 Å². The lowest BCUT2D eigenvalue weighted by molar-refractivity contribution is -0.386. The predicted molar refractivity (Wildman–Crippen MR) is 76.4 cm³/mol. The molecule has 0 amide bonds. The monoisotopic (exact) mass is 340 g/mol. The van der Waals surface area contributed by atoms with Gasteiger partial charge in [0.05, 0.1) is 17.1 Å². The molecule has 5 nitrogen and oxygen atoms in total. The molecule has 1 atom stereocenters. The van der Waals surface area contributed by atoms with Crippen LogP contribution in [0.3, 0.4) is 0 Å². The number of nitrogens with zero attached hydrogens (tertiary/aromatic N) is 1. The van der Waals surface area contributed by atoms with Gasteiger partial charge in [0.25, 0.3) is 0 Å². The Morgan fingerprint density at radius 2 is 2.14 bits per heavy atom. The Kier molecular flexibility index (Phi) is 6.43. The molecule has 0 aromatic heterocycles. The molecule has 0 saturated carbocycles. The summed E-state index contributed by atoms with van der Waals surface area (Å²) in [6.45, 7) is 1.92. The van der Waals surface area contributed by atoms with Crippen LogP contribution in [-0.4, -0.2) is 24.6 Å². The number of benzene rings is 1. The molecular weight excluding hydrogens is 325 g/mol. The molecule has 124 valence electrons. The average molecular weight is 341 g/mol. The zero-order valence-corrected chi connectivity index (χ0v) is 12.4. The van der Waals surface area contributed by atoms with Crippen molar-refractivity contribution >= 4 is 18.1 Å². The number of nitrogens with one attached hydrogen (secondary N) is 1. The third-order valence-electron chi connectivity index (χ3n) is 3.36. The lowest BCUT2D eigenvalue weighted by Crippen LogP contribution is -2.33. The summed E-state index contributed by atoms with van der Waals surface area (Å²) in [6, 6.07) is 2.31. The SMILES string of the molecule is Cl.O=[N+]([O-])c1cc(C(F)(F)F)ccc1OCC1CCCNC1. The average Bonchev–Trinajstić information content (AvgIpc) is 2.45. The zero-order valence-electron chi connectivity index (χ0n) is 11.6. The molecule has 9 heteroatoms. The van der Waals surface area contributed by atoms with E-state index in [1.54, 1.807) is 0 Å². The van der Waals surface area contributed by atoms with Crippen molar-refractivity contribution in [2.24, 2.45) is 5.92 Å². The summed E-state index contributed by atoms with van der Waals surface area (Å²) in [5.41, 5.74) is -1.71. The first-order valence-electron chi connectivity index (χ1n) is 6.57. The normalized spacial score (nSPS) is 18.4. The molecule has 1 aliphatic heterocycles. The van der Waals surface area contributed by atoms with Gasteiger partial charge in [-0.15, -0.1) is 12.4 Å². The number of nitro benzene ring substituents is 1. The van der Waals surface area contributed by atoms with Crippen molar-refractivity contribution in [1.82, 2.24) is 5.32 Å². The van der Waals surface area contributed by atoms with E-state index in [4.69, 9.17) is 4.74 Å². The van der Waals surface area contributed by atoms with E-state index in [9.17, 15) is 23.3 Å². The lowest BCUT2D eigenvalue weighted by atomic mass is 10.0. The van der Waals surface area contributed by atoms with Gasteiger partial charge >= 0.3 is 11.9 Å². The summed E-state index contributed by atoms with van der Waals surface area (Å²) in [7, 11) is 0. The zero-order chi connectivity index (χ0) is 15.5. The molecule has 1 heterocycles. The number of piperidine rings is 1. The summed E-state index contributed by atoms with van der Waals surface area (Å²) in [4.78, 5) is 10.0. The van der Waals surface area contributed by atoms with E-state index in [1.807, 2.05) is 0 Å². The van der Waals surface area contributed by atoms with Crippen molar-refractivity contribution in [3.05, 3.63) is 33.9 Å². The molecule has 1 fully saturated rings. The standard InChI is InChI=1S/C13H15F3N2O3.ClH/c14-13(15,16)10-3-4-12(11(6-10)18(19)20)21-8-9-2-1-5-17-7-9;/h3-4,6,9,17H,1-2,5,7-8H2;1H. The Morgan fingerprint density at radius 1 is 1.41 bits per heavy atom. The van der Waals surface area contributed by atoms with E-state index in [0.29, 0.717) is 6.07 Å². The third-order valence-corrected chi connectivity index (χ3v) is 3.36. The fourth-order valence-electron chi connectivity index (χ4n) is 2.23. The van der Waals surface area contributed by atoms with E-state index >= 15 is 0 Å². The molecule has 0 spiro atoms. The fourth-order valence-corrected chi connectivity index (χ4v) is 2.23. The summed E-state index contributed by atoms with van der Waals surface area (Å²) < 4.78 is 43.1. The van der Waals surface area contributed by atoms with Crippen LogP contribution in [0.15, 0.2) is 18.2 Å². The van der Waals surface area contributed by atoms with E-state index in [1.165, 1.54) is 0 Å². The van der Waals surface area contributed by atoms with Crippen LogP contribution in [0.25, 0.3) is 0 Å². The minimum Gasteiger partial charge on any atom is -0.486 e. The maximum absolute atomic E-state index is 12.6. The third kappa shape index (κ3) is 4.74. The molecule has 1 N–H and O–H groups in total. The minimum absolute atomic E-state index is 0. The predicted octanol–water partition coefficient (Wildman–Crippen LogP) is 3.41. The molecule has 0 bridgehead atoms. The second kappa shape index (κ2) is 7.64. The van der Waals surface area contributed by atoms with Crippen LogP contribution in [0.1, 0.15) is 18.4 Å². The number of nitro groups is 1. The van der Waals surface area contributed by atoms with E-state index in [2.05, 4.69) is 5.32 Å². The molecule has 2 rings (SSSR count). The maximum atomic E-state index is 12.6. The maximum Gasteiger partial charge on any atom is 0.416 e. The summed E-state index contributed by atoms with van der Waals surface area (Å²) in [5, 5.41) is 14.1. The molecule has 1 aromatic rings. The number of alkyl halides is 3. The minimum atomic E-state index is -4.61. The van der Waals surface area contributed by atoms with Gasteiger partial charge < -0.3 is 10.1 Å². The first kappa shape index (κ1) is 18.5. The second-order valence-electron chi connectivity index (χ2n) is 4.96. The Labute approximate surface area is 131 Å². The second-order valence-corrected chi connectivity index (χ2v) is 4.96. The quantitative estimate of drug-likeness (QED) is 0.674. The van der Waals surface area contributed by atoms with Gasteiger partial charge in [0.2, 0.25) is 0 Å². The topological polar surface area (TPSA) is 64.4 Å². The van der Waals surface area contributed by atoms with Crippen molar-refractivity contribution in [1.29, 1.82) is 0 Å². The highest BCUT2D eigenvalue weighted by Crippen LogP contribution is 2.36. The number of ether oxygens (including phenoxy) is 1. The van der Waals surface area contributed by atoms with Gasteiger partial charge in [0, 0.05) is 18.5 Å². The van der Waals surface area contributed by atoms with Crippen LogP contribution in [0.2, 0.25) is 0 Å². The lowest BCUT2D eigenvalue weighted by Gasteiger charge is -2.22. The first-order valence-corrected chi connectivity index (χ1v) is 6.57. The number of hydrogen-bond donors (Lipinski definition) is 1. The van der Waals surface area contributed by atoms with Crippen molar-refractivity contribution in [3.8, 4) is 5.75 Å². The molecule has 0 aliphatic carbocycles. The molecule has 22 heavy (non-hydrogen) atoms. The van der Waals surface area contributed by atoms with Crippen LogP contribution >= 0.6 is 12.4 Å². The molecule has 0 radical (unpaired) electrons. The summed E-state index contributed by atoms with van der Waals surface area (Å²) in [6.07, 6.45) is -2.69. The molecular formula is C13H16ClF3N2O3. The van der Waals surface area contributed by atoms with Crippen molar-refractivity contribution < 1.29 is 22.8 Å². The summed E-state index contributed by atoms with van der Waals surface area (Å²) >= 11 is 0. The smallest absolute Gasteiger partial charge is 0.416 e. The Hall–Kier alpha value is -1.54. The van der Waals surface area contributed by atoms with Crippen LogP contribution < -0.4 is 10.1 Å². The highest BCUT2D eigenvalue weighted by molar-refractivity contribution is 5.85.